The van der Waals surface area contributed by atoms with Crippen molar-refractivity contribution in [3.8, 4) is 17.2 Å². The van der Waals surface area contributed by atoms with E-state index < -0.39 is 0 Å². The number of hydrogen-bond acceptors (Lipinski definition) is 5. The third-order valence-electron chi connectivity index (χ3n) is 3.10. The Kier molecular flexibility index (Phi) is 6.49. The summed E-state index contributed by atoms with van der Waals surface area (Å²) in [6, 6.07) is 11.3. The number of hydrazone groups is 1. The van der Waals surface area contributed by atoms with E-state index in [1.54, 1.807) is 20.4 Å². The molecule has 1 N–H and O–H groups in total. The molecule has 2 aromatic carbocycles. The average molecular weight is 393 g/mol. The van der Waals surface area contributed by atoms with Crippen molar-refractivity contribution in [2.45, 2.75) is 20.0 Å². The van der Waals surface area contributed by atoms with Crippen molar-refractivity contribution < 1.29 is 14.2 Å². The Hall–Kier alpha value is -2.21. The molecule has 0 bridgehead atoms. The molecular formula is C18H21BrN2O3. The van der Waals surface area contributed by atoms with Crippen LogP contribution in [0, 0.1) is 0 Å². The molecule has 0 fully saturated rings. The standard InChI is InChI=1S/C18H21BrN2O3/c1-12(2)24-18-16(19)9-13(10-17(18)23-4)11-20-21-14-5-7-15(22-3)8-6-14/h5-12,21H,1-4H3/b20-11+. The largest absolute Gasteiger partial charge is 0.497 e. The van der Waals surface area contributed by atoms with Crippen LogP contribution in [0.1, 0.15) is 19.4 Å². The van der Waals surface area contributed by atoms with E-state index in [0.29, 0.717) is 11.5 Å². The van der Waals surface area contributed by atoms with Crippen LogP contribution in [-0.2, 0) is 0 Å². The molecule has 0 spiro atoms. The number of rotatable bonds is 7. The molecule has 0 saturated heterocycles. The Morgan fingerprint density at radius 2 is 1.79 bits per heavy atom. The van der Waals surface area contributed by atoms with Gasteiger partial charge in [-0.3, -0.25) is 5.43 Å². The maximum Gasteiger partial charge on any atom is 0.175 e. The first-order valence-electron chi connectivity index (χ1n) is 7.50. The summed E-state index contributed by atoms with van der Waals surface area (Å²) < 4.78 is 17.1. The maximum atomic E-state index is 5.77. The quantitative estimate of drug-likeness (QED) is 0.547. The number of nitrogens with one attached hydrogen (secondary N) is 1. The molecule has 24 heavy (non-hydrogen) atoms. The van der Waals surface area contributed by atoms with Crippen LogP contribution in [0.5, 0.6) is 17.2 Å². The van der Waals surface area contributed by atoms with Crippen LogP contribution in [-0.4, -0.2) is 26.5 Å². The van der Waals surface area contributed by atoms with Gasteiger partial charge in [-0.2, -0.15) is 5.10 Å². The van der Waals surface area contributed by atoms with Gasteiger partial charge in [-0.15, -0.1) is 0 Å². The number of methoxy groups -OCH3 is 2. The third-order valence-corrected chi connectivity index (χ3v) is 3.69. The molecule has 0 aliphatic carbocycles. The van der Waals surface area contributed by atoms with E-state index in [9.17, 15) is 0 Å². The van der Waals surface area contributed by atoms with E-state index in [1.165, 1.54) is 0 Å². The topological polar surface area (TPSA) is 52.1 Å². The van der Waals surface area contributed by atoms with Crippen LogP contribution in [0.3, 0.4) is 0 Å². The van der Waals surface area contributed by atoms with E-state index in [2.05, 4.69) is 26.5 Å². The first kappa shape index (κ1) is 18.1. The van der Waals surface area contributed by atoms with Crippen LogP contribution >= 0.6 is 15.9 Å². The summed E-state index contributed by atoms with van der Waals surface area (Å²) in [4.78, 5) is 0. The molecule has 0 saturated carbocycles. The molecule has 0 aliphatic rings. The van der Waals surface area contributed by atoms with Gasteiger partial charge < -0.3 is 14.2 Å². The number of hydrogen-bond donors (Lipinski definition) is 1. The minimum Gasteiger partial charge on any atom is -0.497 e. The number of nitrogens with zero attached hydrogens (tertiary/aromatic N) is 1. The summed E-state index contributed by atoms with van der Waals surface area (Å²) >= 11 is 3.52. The molecule has 0 aromatic heterocycles. The molecule has 2 aromatic rings. The SMILES string of the molecule is COc1ccc(N/N=C/c2cc(Br)c(OC(C)C)c(OC)c2)cc1. The van der Waals surface area contributed by atoms with Crippen molar-refractivity contribution >= 4 is 27.8 Å². The Labute approximate surface area is 150 Å². The number of ether oxygens (including phenoxy) is 3. The van der Waals surface area contributed by atoms with Gasteiger partial charge in [0, 0.05) is 0 Å². The van der Waals surface area contributed by atoms with Crippen LogP contribution < -0.4 is 19.6 Å². The first-order chi connectivity index (χ1) is 11.5. The molecule has 0 radical (unpaired) electrons. The third kappa shape index (κ3) is 4.89. The predicted octanol–water partition coefficient (Wildman–Crippen LogP) is 4.70. The minimum absolute atomic E-state index is 0.0615. The number of anilines is 1. The molecule has 0 atom stereocenters. The highest BCUT2D eigenvalue weighted by Gasteiger charge is 2.12. The van der Waals surface area contributed by atoms with E-state index in [-0.39, 0.29) is 6.10 Å². The Morgan fingerprint density at radius 1 is 1.08 bits per heavy atom. The molecule has 0 unspecified atom stereocenters. The van der Waals surface area contributed by atoms with Crippen molar-refractivity contribution in [3.63, 3.8) is 0 Å². The lowest BCUT2D eigenvalue weighted by Crippen LogP contribution is -2.07. The van der Waals surface area contributed by atoms with Crippen molar-refractivity contribution in [1.29, 1.82) is 0 Å². The van der Waals surface area contributed by atoms with E-state index in [4.69, 9.17) is 14.2 Å². The molecule has 5 nitrogen and oxygen atoms in total. The fraction of sp³-hybridized carbons (Fsp3) is 0.278. The van der Waals surface area contributed by atoms with Crippen molar-refractivity contribution in [2.75, 3.05) is 19.6 Å². The van der Waals surface area contributed by atoms with Crippen LogP contribution in [0.15, 0.2) is 46.0 Å². The molecule has 6 heteroatoms. The lowest BCUT2D eigenvalue weighted by atomic mass is 10.2. The zero-order chi connectivity index (χ0) is 17.5. The summed E-state index contributed by atoms with van der Waals surface area (Å²) in [5.74, 6) is 2.15. The van der Waals surface area contributed by atoms with Gasteiger partial charge in [0.05, 0.1) is 36.7 Å². The summed E-state index contributed by atoms with van der Waals surface area (Å²) in [6.45, 7) is 3.94. The number of benzene rings is 2. The van der Waals surface area contributed by atoms with E-state index in [0.717, 1.165) is 21.5 Å². The van der Waals surface area contributed by atoms with E-state index >= 15 is 0 Å². The smallest absolute Gasteiger partial charge is 0.175 e. The molecule has 0 aliphatic heterocycles. The van der Waals surface area contributed by atoms with Crippen LogP contribution in [0.4, 0.5) is 5.69 Å². The summed E-state index contributed by atoms with van der Waals surface area (Å²) in [7, 11) is 3.25. The zero-order valence-electron chi connectivity index (χ0n) is 14.2. The lowest BCUT2D eigenvalue weighted by molar-refractivity contribution is 0.228. The van der Waals surface area contributed by atoms with Gasteiger partial charge in [0.25, 0.3) is 0 Å². The van der Waals surface area contributed by atoms with Gasteiger partial charge >= 0.3 is 0 Å². The first-order valence-corrected chi connectivity index (χ1v) is 8.30. The fourth-order valence-corrected chi connectivity index (χ4v) is 2.56. The zero-order valence-corrected chi connectivity index (χ0v) is 15.8. The maximum absolute atomic E-state index is 5.77. The Morgan fingerprint density at radius 3 is 2.38 bits per heavy atom. The van der Waals surface area contributed by atoms with Crippen LogP contribution in [0.25, 0.3) is 0 Å². The highest BCUT2D eigenvalue weighted by molar-refractivity contribution is 9.10. The molecule has 2 rings (SSSR count). The highest BCUT2D eigenvalue weighted by atomic mass is 79.9. The molecule has 0 heterocycles. The highest BCUT2D eigenvalue weighted by Crippen LogP contribution is 2.37. The van der Waals surface area contributed by atoms with Gasteiger partial charge in [-0.1, -0.05) is 0 Å². The van der Waals surface area contributed by atoms with E-state index in [1.807, 2.05) is 50.2 Å². The molecular weight excluding hydrogens is 372 g/mol. The van der Waals surface area contributed by atoms with Crippen LogP contribution in [0.2, 0.25) is 0 Å². The monoisotopic (exact) mass is 392 g/mol. The molecule has 0 amide bonds. The van der Waals surface area contributed by atoms with Crippen molar-refractivity contribution in [2.24, 2.45) is 5.10 Å². The Balaban J connectivity index is 2.12. The Bertz CT molecular complexity index is 700. The van der Waals surface area contributed by atoms with Gasteiger partial charge in [0.2, 0.25) is 0 Å². The second kappa shape index (κ2) is 8.59. The normalized spacial score (nSPS) is 10.9. The minimum atomic E-state index is 0.0615. The van der Waals surface area contributed by atoms with Gasteiger partial charge in [-0.05, 0) is 71.7 Å². The second-order valence-electron chi connectivity index (χ2n) is 5.30. The van der Waals surface area contributed by atoms with Gasteiger partial charge in [0.15, 0.2) is 11.5 Å². The predicted molar refractivity (Wildman–Crippen MR) is 101 cm³/mol. The second-order valence-corrected chi connectivity index (χ2v) is 6.15. The van der Waals surface area contributed by atoms with Gasteiger partial charge in [-0.25, -0.2) is 0 Å². The summed E-state index contributed by atoms with van der Waals surface area (Å²) in [5.41, 5.74) is 4.73. The fourth-order valence-electron chi connectivity index (χ4n) is 2.01. The average Bonchev–Trinajstić information content (AvgIpc) is 2.57. The summed E-state index contributed by atoms with van der Waals surface area (Å²) in [5, 5.41) is 4.24. The summed E-state index contributed by atoms with van der Waals surface area (Å²) in [6.07, 6.45) is 1.78. The van der Waals surface area contributed by atoms with Gasteiger partial charge in [0.1, 0.15) is 5.75 Å². The lowest BCUT2D eigenvalue weighted by Gasteiger charge is -2.15. The number of halogens is 1. The van der Waals surface area contributed by atoms with Crippen molar-refractivity contribution in [1.82, 2.24) is 0 Å². The molecule has 128 valence electrons. The van der Waals surface area contributed by atoms with Crippen molar-refractivity contribution in [3.05, 3.63) is 46.4 Å².